The van der Waals surface area contributed by atoms with Crippen molar-refractivity contribution in [2.24, 2.45) is 0 Å². The molecule has 0 amide bonds. The molecule has 7 nitrogen and oxygen atoms in total. The number of rotatable bonds is 6. The predicted octanol–water partition coefficient (Wildman–Crippen LogP) is 2.89. The first kappa shape index (κ1) is 18.1. The van der Waals surface area contributed by atoms with E-state index in [1.165, 1.54) is 19.2 Å². The summed E-state index contributed by atoms with van der Waals surface area (Å²) in [5.74, 6) is 1.27. The largest absolute Gasteiger partial charge is 0.448 e. The van der Waals surface area contributed by atoms with Gasteiger partial charge in [-0.1, -0.05) is 31.9 Å². The molecule has 0 aliphatic heterocycles. The molecule has 0 unspecified atom stereocenters. The average molecular weight is 347 g/mol. The second kappa shape index (κ2) is 7.25. The summed E-state index contributed by atoms with van der Waals surface area (Å²) < 4.78 is 7.42. The van der Waals surface area contributed by atoms with Crippen molar-refractivity contribution in [1.82, 2.24) is 25.3 Å². The lowest BCUT2D eigenvalue weighted by molar-refractivity contribution is 0.0736. The van der Waals surface area contributed by atoms with Crippen molar-refractivity contribution in [2.45, 2.75) is 83.5 Å². The normalized spacial score (nSPS) is 21.8. The highest BCUT2D eigenvalue weighted by Crippen LogP contribution is 2.30. The zero-order valence-electron chi connectivity index (χ0n) is 15.6. The molecule has 25 heavy (non-hydrogen) atoms. The van der Waals surface area contributed by atoms with E-state index in [0.717, 1.165) is 24.3 Å². The van der Waals surface area contributed by atoms with Crippen molar-refractivity contribution in [1.29, 1.82) is 0 Å². The Hall–Kier alpha value is -1.73. The second-order valence-electron chi connectivity index (χ2n) is 7.80. The molecule has 138 valence electrons. The van der Waals surface area contributed by atoms with Gasteiger partial charge in [0.05, 0.1) is 17.9 Å². The van der Waals surface area contributed by atoms with Crippen LogP contribution in [0.4, 0.5) is 0 Å². The topological polar surface area (TPSA) is 89.0 Å². The zero-order chi connectivity index (χ0) is 18.0. The Morgan fingerprint density at radius 1 is 1.36 bits per heavy atom. The van der Waals surface area contributed by atoms with Gasteiger partial charge < -0.3 is 14.8 Å². The van der Waals surface area contributed by atoms with Crippen molar-refractivity contribution in [3.05, 3.63) is 29.7 Å². The fourth-order valence-electron chi connectivity index (χ4n) is 3.49. The lowest BCUT2D eigenvalue weighted by Gasteiger charge is -2.32. The number of aliphatic hydroxyl groups is 1. The summed E-state index contributed by atoms with van der Waals surface area (Å²) in [5.41, 5.74) is 0.619. The number of nitrogens with zero attached hydrogens (tertiary/aromatic N) is 4. The molecule has 2 aromatic heterocycles. The smallest absolute Gasteiger partial charge is 0.181 e. The summed E-state index contributed by atoms with van der Waals surface area (Å²) in [4.78, 5) is 4.36. The SMILES string of the molecule is CC(C)c1ocnc1CN[C@H]1CCCC[C@H]1n1cc(C(C)(C)O)nn1. The van der Waals surface area contributed by atoms with Crippen LogP contribution in [0.25, 0.3) is 0 Å². The van der Waals surface area contributed by atoms with Gasteiger partial charge in [0, 0.05) is 18.5 Å². The molecule has 1 saturated carbocycles. The number of aromatic nitrogens is 4. The molecule has 1 aliphatic rings. The third-order valence-electron chi connectivity index (χ3n) is 4.94. The van der Waals surface area contributed by atoms with Gasteiger partial charge in [0.2, 0.25) is 0 Å². The summed E-state index contributed by atoms with van der Waals surface area (Å²) in [6, 6.07) is 0.550. The van der Waals surface area contributed by atoms with Gasteiger partial charge in [-0.15, -0.1) is 5.10 Å². The maximum atomic E-state index is 10.1. The summed E-state index contributed by atoms with van der Waals surface area (Å²) in [6.07, 6.45) is 7.94. The van der Waals surface area contributed by atoms with Gasteiger partial charge in [-0.2, -0.15) is 0 Å². The first-order valence-corrected chi connectivity index (χ1v) is 9.16. The lowest BCUT2D eigenvalue weighted by Crippen LogP contribution is -2.40. The molecule has 7 heteroatoms. The van der Waals surface area contributed by atoms with Gasteiger partial charge in [-0.25, -0.2) is 9.67 Å². The van der Waals surface area contributed by atoms with Crippen LogP contribution in [0.3, 0.4) is 0 Å². The Kier molecular flexibility index (Phi) is 5.24. The van der Waals surface area contributed by atoms with Crippen LogP contribution in [-0.4, -0.2) is 31.1 Å². The Labute approximate surface area is 148 Å². The van der Waals surface area contributed by atoms with Crippen LogP contribution < -0.4 is 5.32 Å². The predicted molar refractivity (Wildman–Crippen MR) is 94.0 cm³/mol. The monoisotopic (exact) mass is 347 g/mol. The van der Waals surface area contributed by atoms with E-state index in [-0.39, 0.29) is 6.04 Å². The quantitative estimate of drug-likeness (QED) is 0.835. The Morgan fingerprint density at radius 3 is 2.80 bits per heavy atom. The second-order valence-corrected chi connectivity index (χ2v) is 7.80. The van der Waals surface area contributed by atoms with Gasteiger partial charge >= 0.3 is 0 Å². The number of hydrogen-bond donors (Lipinski definition) is 2. The van der Waals surface area contributed by atoms with Crippen LogP contribution in [0.5, 0.6) is 0 Å². The van der Waals surface area contributed by atoms with Crippen molar-refractivity contribution in [3.8, 4) is 0 Å². The molecule has 0 aromatic carbocycles. The molecular formula is C18H29N5O2. The Bertz CT molecular complexity index is 686. The maximum absolute atomic E-state index is 10.1. The van der Waals surface area contributed by atoms with Crippen LogP contribution in [0.15, 0.2) is 17.0 Å². The molecule has 1 fully saturated rings. The molecule has 2 N–H and O–H groups in total. The number of oxazole rings is 1. The van der Waals surface area contributed by atoms with E-state index in [1.807, 2.05) is 10.9 Å². The summed E-state index contributed by atoms with van der Waals surface area (Å²) >= 11 is 0. The van der Waals surface area contributed by atoms with Crippen molar-refractivity contribution in [3.63, 3.8) is 0 Å². The van der Waals surface area contributed by atoms with Gasteiger partial charge in [0.25, 0.3) is 0 Å². The standard InChI is InChI=1S/C18H29N5O2/c1-12(2)17-14(20-11-25-17)9-19-13-7-5-6-8-15(13)23-10-16(21-22-23)18(3,4)24/h10-13,15,19,24H,5-9H2,1-4H3/t13-,15+/m0/s1. The van der Waals surface area contributed by atoms with Gasteiger partial charge in [0.15, 0.2) is 6.39 Å². The van der Waals surface area contributed by atoms with Crippen LogP contribution in [0, 0.1) is 0 Å². The van der Waals surface area contributed by atoms with Crippen LogP contribution in [-0.2, 0) is 12.1 Å². The van der Waals surface area contributed by atoms with Gasteiger partial charge in [-0.05, 0) is 26.7 Å². The Balaban J connectivity index is 1.71. The first-order valence-electron chi connectivity index (χ1n) is 9.16. The molecule has 2 atom stereocenters. The van der Waals surface area contributed by atoms with Gasteiger partial charge in [0.1, 0.15) is 17.1 Å². The lowest BCUT2D eigenvalue weighted by atomic mass is 9.90. The summed E-state index contributed by atoms with van der Waals surface area (Å²) in [6.45, 7) is 8.38. The fourth-order valence-corrected chi connectivity index (χ4v) is 3.49. The van der Waals surface area contributed by atoms with E-state index in [1.54, 1.807) is 13.8 Å². The van der Waals surface area contributed by atoms with Crippen LogP contribution >= 0.6 is 0 Å². The maximum Gasteiger partial charge on any atom is 0.181 e. The molecule has 2 heterocycles. The minimum atomic E-state index is -0.970. The van der Waals surface area contributed by atoms with Crippen molar-refractivity contribution >= 4 is 0 Å². The molecule has 0 bridgehead atoms. The molecule has 3 rings (SSSR count). The third kappa shape index (κ3) is 4.10. The molecule has 0 radical (unpaired) electrons. The van der Waals surface area contributed by atoms with E-state index >= 15 is 0 Å². The minimum Gasteiger partial charge on any atom is -0.448 e. The van der Waals surface area contributed by atoms with Crippen LogP contribution in [0.2, 0.25) is 0 Å². The molecular weight excluding hydrogens is 318 g/mol. The third-order valence-corrected chi connectivity index (χ3v) is 4.94. The molecule has 0 spiro atoms. The van der Waals surface area contributed by atoms with E-state index < -0.39 is 5.60 Å². The van der Waals surface area contributed by atoms with Crippen molar-refractivity contribution in [2.75, 3.05) is 0 Å². The van der Waals surface area contributed by atoms with Crippen LogP contribution in [0.1, 0.15) is 82.5 Å². The average Bonchev–Trinajstić information content (AvgIpc) is 3.22. The van der Waals surface area contributed by atoms with E-state index in [0.29, 0.717) is 24.2 Å². The number of hydrogen-bond acceptors (Lipinski definition) is 6. The zero-order valence-corrected chi connectivity index (χ0v) is 15.6. The van der Waals surface area contributed by atoms with Gasteiger partial charge in [-0.3, -0.25) is 0 Å². The highest BCUT2D eigenvalue weighted by atomic mass is 16.3. The van der Waals surface area contributed by atoms with Crippen molar-refractivity contribution < 1.29 is 9.52 Å². The summed E-state index contributed by atoms with van der Waals surface area (Å²) in [7, 11) is 0. The highest BCUT2D eigenvalue weighted by molar-refractivity contribution is 5.11. The number of nitrogens with one attached hydrogen (secondary N) is 1. The molecule has 2 aromatic rings. The first-order chi connectivity index (χ1) is 11.9. The minimum absolute atomic E-state index is 0.242. The molecule has 0 saturated heterocycles. The Morgan fingerprint density at radius 2 is 2.12 bits per heavy atom. The van der Waals surface area contributed by atoms with E-state index in [9.17, 15) is 5.11 Å². The highest BCUT2D eigenvalue weighted by Gasteiger charge is 2.29. The van der Waals surface area contributed by atoms with E-state index in [4.69, 9.17) is 4.42 Å². The summed E-state index contributed by atoms with van der Waals surface area (Å²) in [5, 5.41) is 22.2. The fraction of sp³-hybridized carbons (Fsp3) is 0.722. The van der Waals surface area contributed by atoms with E-state index in [2.05, 4.69) is 34.5 Å². The molecule has 1 aliphatic carbocycles.